The van der Waals surface area contributed by atoms with Crippen LogP contribution in [-0.2, 0) is 6.42 Å². The van der Waals surface area contributed by atoms with Crippen molar-refractivity contribution in [3.05, 3.63) is 29.8 Å². The predicted octanol–water partition coefficient (Wildman–Crippen LogP) is 1.24. The fourth-order valence-electron chi connectivity index (χ4n) is 1.89. The van der Waals surface area contributed by atoms with Crippen molar-refractivity contribution in [2.24, 2.45) is 10.1 Å². The summed E-state index contributed by atoms with van der Waals surface area (Å²) in [5.41, 5.74) is 5.56. The van der Waals surface area contributed by atoms with E-state index in [0.29, 0.717) is 0 Å². The highest BCUT2D eigenvalue weighted by Crippen LogP contribution is 2.19. The summed E-state index contributed by atoms with van der Waals surface area (Å²) in [4.78, 5) is 3.85. The molecular weight excluding hydrogens is 238 g/mol. The van der Waals surface area contributed by atoms with E-state index in [4.69, 9.17) is 0 Å². The Bertz CT molecular complexity index is 377. The summed E-state index contributed by atoms with van der Waals surface area (Å²) in [7, 11) is 0. The minimum Gasteiger partial charge on any atom is -0.384 e. The van der Waals surface area contributed by atoms with Crippen LogP contribution in [0.4, 0.5) is 5.69 Å². The van der Waals surface area contributed by atoms with Gasteiger partial charge in [0.05, 0.1) is 12.9 Å². The summed E-state index contributed by atoms with van der Waals surface area (Å²) in [6, 6.07) is 8.46. The third-order valence-electron chi connectivity index (χ3n) is 2.86. The van der Waals surface area contributed by atoms with Crippen molar-refractivity contribution in [1.29, 1.82) is 0 Å². The molecule has 0 aliphatic carbocycles. The Balaban J connectivity index is 0.000000114. The highest BCUT2D eigenvalue weighted by Gasteiger charge is 2.05. The molecule has 3 N–H and O–H groups in total. The van der Waals surface area contributed by atoms with E-state index >= 15 is 0 Å². The lowest BCUT2D eigenvalue weighted by Gasteiger charge is -1.94. The van der Waals surface area contributed by atoms with E-state index in [1.165, 1.54) is 17.7 Å². The van der Waals surface area contributed by atoms with Gasteiger partial charge in [-0.25, -0.2) is 0 Å². The van der Waals surface area contributed by atoms with Gasteiger partial charge in [-0.05, 0) is 18.1 Å². The number of nitrogens with zero attached hydrogens (tertiary/aromatic N) is 2. The predicted molar refractivity (Wildman–Crippen MR) is 81.1 cm³/mol. The van der Waals surface area contributed by atoms with Gasteiger partial charge in [-0.3, -0.25) is 4.99 Å². The average molecular weight is 259 g/mol. The molecule has 0 atom stereocenters. The third kappa shape index (κ3) is 4.99. The average Bonchev–Trinajstić information content (AvgIpc) is 3.22. The van der Waals surface area contributed by atoms with Gasteiger partial charge in [-0.2, -0.15) is 5.10 Å². The van der Waals surface area contributed by atoms with E-state index in [1.54, 1.807) is 6.34 Å². The summed E-state index contributed by atoms with van der Waals surface area (Å²) >= 11 is 0. The number of para-hydroxylation sites is 1. The molecular formula is C14H21N5. The lowest BCUT2D eigenvalue weighted by molar-refractivity contribution is 0.813. The number of hydrazone groups is 1. The zero-order valence-corrected chi connectivity index (χ0v) is 11.1. The summed E-state index contributed by atoms with van der Waals surface area (Å²) < 4.78 is 0. The molecule has 0 aromatic heterocycles. The van der Waals surface area contributed by atoms with Crippen LogP contribution in [0, 0.1) is 0 Å². The molecule has 1 aromatic rings. The molecule has 0 radical (unpaired) electrons. The van der Waals surface area contributed by atoms with Crippen molar-refractivity contribution < 1.29 is 0 Å². The summed E-state index contributed by atoms with van der Waals surface area (Å²) in [6.45, 7) is 4.12. The van der Waals surface area contributed by atoms with Crippen LogP contribution < -0.4 is 16.1 Å². The van der Waals surface area contributed by atoms with Gasteiger partial charge in [0.15, 0.2) is 0 Å². The van der Waals surface area contributed by atoms with Gasteiger partial charge in [0.1, 0.15) is 0 Å². The summed E-state index contributed by atoms with van der Waals surface area (Å²) in [6.07, 6.45) is 5.90. The summed E-state index contributed by atoms with van der Waals surface area (Å²) in [5, 5.41) is 9.94. The van der Waals surface area contributed by atoms with Crippen LogP contribution in [0.2, 0.25) is 0 Å². The number of fused-ring (bicyclic) bond motifs is 1. The van der Waals surface area contributed by atoms with E-state index in [2.05, 4.69) is 50.4 Å². The van der Waals surface area contributed by atoms with Gasteiger partial charge < -0.3 is 16.1 Å². The standard InChI is InChI=1S/C8H9N.2C3H6N2/c1-2-4-8-7(3-1)5-6-9-8;1-2-5-3-4-1;1-2-4-5-3-1/h1-4,9H,5-6H2;3H,1-2H2,(H,4,5);2,5H,1,3H2. The number of hydrogen-bond donors (Lipinski definition) is 3. The van der Waals surface area contributed by atoms with Crippen LogP contribution >= 0.6 is 0 Å². The smallest absolute Gasteiger partial charge is 0.0825 e. The van der Waals surface area contributed by atoms with E-state index < -0.39 is 0 Å². The van der Waals surface area contributed by atoms with Crippen molar-refractivity contribution in [2.75, 3.05) is 31.5 Å². The molecule has 0 amide bonds. The first kappa shape index (κ1) is 13.4. The topological polar surface area (TPSA) is 60.8 Å². The second-order valence-corrected chi connectivity index (χ2v) is 4.33. The number of benzene rings is 1. The van der Waals surface area contributed by atoms with Crippen molar-refractivity contribution in [3.63, 3.8) is 0 Å². The van der Waals surface area contributed by atoms with E-state index in [1.807, 2.05) is 6.21 Å². The Morgan fingerprint density at radius 1 is 1.05 bits per heavy atom. The number of rotatable bonds is 0. The van der Waals surface area contributed by atoms with Gasteiger partial charge in [-0.15, -0.1) is 0 Å². The number of aliphatic imine (C=N–C) groups is 1. The Labute approximate surface area is 114 Å². The normalized spacial score (nSPS) is 17.1. The van der Waals surface area contributed by atoms with Crippen molar-refractivity contribution >= 4 is 18.2 Å². The van der Waals surface area contributed by atoms with Crippen LogP contribution in [0.25, 0.3) is 0 Å². The van der Waals surface area contributed by atoms with Gasteiger partial charge >= 0.3 is 0 Å². The maximum absolute atomic E-state index is 3.85. The molecule has 3 heterocycles. The Hall–Kier alpha value is -2.04. The molecule has 0 bridgehead atoms. The maximum atomic E-state index is 3.85. The number of nitrogens with one attached hydrogen (secondary N) is 3. The molecule has 5 heteroatoms. The Morgan fingerprint density at radius 2 is 2.00 bits per heavy atom. The molecule has 102 valence electrons. The highest BCUT2D eigenvalue weighted by atomic mass is 15.3. The van der Waals surface area contributed by atoms with E-state index in [9.17, 15) is 0 Å². The first-order valence-corrected chi connectivity index (χ1v) is 6.74. The molecule has 5 nitrogen and oxygen atoms in total. The fraction of sp³-hybridized carbons (Fsp3) is 0.429. The fourth-order valence-corrected chi connectivity index (χ4v) is 1.89. The molecule has 0 unspecified atom stereocenters. The molecule has 19 heavy (non-hydrogen) atoms. The van der Waals surface area contributed by atoms with Crippen molar-refractivity contribution in [3.8, 4) is 0 Å². The maximum Gasteiger partial charge on any atom is 0.0825 e. The van der Waals surface area contributed by atoms with Gasteiger partial charge in [0.25, 0.3) is 0 Å². The first-order valence-electron chi connectivity index (χ1n) is 6.74. The Morgan fingerprint density at radius 3 is 2.53 bits per heavy atom. The molecule has 4 rings (SSSR count). The zero-order valence-electron chi connectivity index (χ0n) is 11.1. The molecule has 3 aliphatic heterocycles. The minimum absolute atomic E-state index is 0.958. The minimum atomic E-state index is 0.958. The Kier molecular flexibility index (Phi) is 5.73. The third-order valence-corrected chi connectivity index (χ3v) is 2.86. The molecule has 1 aromatic carbocycles. The first-order chi connectivity index (χ1) is 9.47. The van der Waals surface area contributed by atoms with E-state index in [0.717, 1.165) is 32.6 Å². The van der Waals surface area contributed by atoms with Crippen LogP contribution in [-0.4, -0.2) is 38.7 Å². The van der Waals surface area contributed by atoms with Crippen LogP contribution in [0.15, 0.2) is 34.4 Å². The molecule has 0 saturated carbocycles. The largest absolute Gasteiger partial charge is 0.384 e. The molecule has 0 fully saturated rings. The van der Waals surface area contributed by atoms with Crippen LogP contribution in [0.3, 0.4) is 0 Å². The highest BCUT2D eigenvalue weighted by molar-refractivity contribution is 5.58. The molecule has 0 saturated heterocycles. The number of hydrogen-bond acceptors (Lipinski definition) is 5. The van der Waals surface area contributed by atoms with Crippen molar-refractivity contribution in [2.45, 2.75) is 12.8 Å². The van der Waals surface area contributed by atoms with Crippen LogP contribution in [0.5, 0.6) is 0 Å². The van der Waals surface area contributed by atoms with E-state index in [-0.39, 0.29) is 0 Å². The quantitative estimate of drug-likeness (QED) is 0.657. The molecule has 3 aliphatic rings. The monoisotopic (exact) mass is 259 g/mol. The number of anilines is 1. The van der Waals surface area contributed by atoms with Crippen molar-refractivity contribution in [1.82, 2.24) is 10.7 Å². The zero-order chi connectivity index (χ0) is 13.2. The SMILES string of the molecule is C1=NCCN1.C1=NNCC1.c1ccc2c(c1)CCN2. The lowest BCUT2D eigenvalue weighted by Crippen LogP contribution is -2.04. The van der Waals surface area contributed by atoms with Gasteiger partial charge in [0.2, 0.25) is 0 Å². The lowest BCUT2D eigenvalue weighted by atomic mass is 10.2. The molecule has 0 spiro atoms. The van der Waals surface area contributed by atoms with Gasteiger partial charge in [-0.1, -0.05) is 18.2 Å². The summed E-state index contributed by atoms with van der Waals surface area (Å²) in [5.74, 6) is 0. The second-order valence-electron chi connectivity index (χ2n) is 4.33. The second kappa shape index (κ2) is 8.13. The van der Waals surface area contributed by atoms with Gasteiger partial charge in [0, 0.05) is 38.0 Å². The van der Waals surface area contributed by atoms with Crippen LogP contribution in [0.1, 0.15) is 12.0 Å².